The van der Waals surface area contributed by atoms with E-state index in [4.69, 9.17) is 23.2 Å². The molecule has 23 heavy (non-hydrogen) atoms. The monoisotopic (exact) mass is 352 g/mol. The number of imide groups is 1. The molecule has 0 saturated carbocycles. The Balaban J connectivity index is 1.84. The lowest BCUT2D eigenvalue weighted by Crippen LogP contribution is -2.34. The summed E-state index contributed by atoms with van der Waals surface area (Å²) in [5.74, 6) is -1.37. The summed E-state index contributed by atoms with van der Waals surface area (Å²) in [6.07, 6.45) is -0.0334. The third-order valence-electron chi connectivity index (χ3n) is 3.47. The third-order valence-corrected chi connectivity index (χ3v) is 4.02. The van der Waals surface area contributed by atoms with Crippen molar-refractivity contribution in [2.75, 3.05) is 10.2 Å². The summed E-state index contributed by atoms with van der Waals surface area (Å²) >= 11 is 11.9. The van der Waals surface area contributed by atoms with Crippen LogP contribution >= 0.6 is 23.2 Å². The van der Waals surface area contributed by atoms with E-state index in [-0.39, 0.29) is 12.1 Å². The molecule has 4 nitrogen and oxygen atoms in total. The van der Waals surface area contributed by atoms with Crippen molar-refractivity contribution >= 4 is 46.4 Å². The van der Waals surface area contributed by atoms with Gasteiger partial charge in [-0.3, -0.25) is 9.59 Å². The molecule has 1 aliphatic rings. The number of hydrogen-bond acceptors (Lipinski definition) is 3. The minimum absolute atomic E-state index is 0.0334. The lowest BCUT2D eigenvalue weighted by molar-refractivity contribution is -0.121. The summed E-state index contributed by atoms with van der Waals surface area (Å²) in [4.78, 5) is 25.6. The third kappa shape index (κ3) is 3.16. The van der Waals surface area contributed by atoms with Crippen LogP contribution in [0.25, 0.3) is 0 Å². The van der Waals surface area contributed by atoms with Crippen molar-refractivity contribution in [3.8, 4) is 0 Å². The number of anilines is 2. The maximum atomic E-state index is 13.3. The van der Waals surface area contributed by atoms with Crippen LogP contribution in [0.1, 0.15) is 6.42 Å². The number of benzene rings is 2. The van der Waals surface area contributed by atoms with E-state index in [1.165, 1.54) is 24.3 Å². The van der Waals surface area contributed by atoms with Crippen LogP contribution in [0.3, 0.4) is 0 Å². The molecule has 1 N–H and O–H groups in total. The van der Waals surface area contributed by atoms with Gasteiger partial charge in [-0.05, 0) is 36.4 Å². The summed E-state index contributed by atoms with van der Waals surface area (Å²) in [6.45, 7) is 0. The van der Waals surface area contributed by atoms with Crippen LogP contribution in [-0.4, -0.2) is 17.9 Å². The minimum Gasteiger partial charge on any atom is -0.372 e. The fourth-order valence-corrected chi connectivity index (χ4v) is 2.89. The number of nitrogens with one attached hydrogen (secondary N) is 1. The molecule has 118 valence electrons. The van der Waals surface area contributed by atoms with Gasteiger partial charge in [0.25, 0.3) is 5.91 Å². The van der Waals surface area contributed by atoms with Crippen molar-refractivity contribution in [3.05, 3.63) is 58.3 Å². The zero-order chi connectivity index (χ0) is 16.6. The second kappa shape index (κ2) is 6.18. The quantitative estimate of drug-likeness (QED) is 0.852. The molecule has 0 aliphatic carbocycles. The van der Waals surface area contributed by atoms with E-state index in [2.05, 4.69) is 5.32 Å². The molecule has 1 unspecified atom stereocenters. The molecule has 0 bridgehead atoms. The van der Waals surface area contributed by atoms with Gasteiger partial charge in [-0.2, -0.15) is 0 Å². The van der Waals surface area contributed by atoms with Crippen LogP contribution in [0.15, 0.2) is 42.5 Å². The van der Waals surface area contributed by atoms with Crippen molar-refractivity contribution < 1.29 is 14.0 Å². The topological polar surface area (TPSA) is 49.4 Å². The van der Waals surface area contributed by atoms with Crippen LogP contribution < -0.4 is 10.2 Å². The van der Waals surface area contributed by atoms with E-state index in [1.54, 1.807) is 12.1 Å². The maximum absolute atomic E-state index is 13.3. The molecule has 2 amide bonds. The van der Waals surface area contributed by atoms with Gasteiger partial charge in [-0.1, -0.05) is 29.3 Å². The number of rotatable bonds is 3. The van der Waals surface area contributed by atoms with E-state index in [0.717, 1.165) is 11.0 Å². The molecule has 1 fully saturated rings. The molecule has 7 heteroatoms. The Labute approximate surface area is 141 Å². The number of carbonyl (C=O) groups is 2. The molecule has 1 aliphatic heterocycles. The van der Waals surface area contributed by atoms with Gasteiger partial charge in [-0.15, -0.1) is 0 Å². The number of nitrogens with zero attached hydrogens (tertiary/aromatic N) is 1. The van der Waals surface area contributed by atoms with E-state index < -0.39 is 23.7 Å². The molecular weight excluding hydrogens is 342 g/mol. The van der Waals surface area contributed by atoms with Gasteiger partial charge in [0.1, 0.15) is 11.9 Å². The molecule has 1 saturated heterocycles. The smallest absolute Gasteiger partial charge is 0.256 e. The summed E-state index contributed by atoms with van der Waals surface area (Å²) < 4.78 is 13.3. The Morgan fingerprint density at radius 1 is 1.13 bits per heavy atom. The van der Waals surface area contributed by atoms with Crippen molar-refractivity contribution in [2.45, 2.75) is 12.5 Å². The first kappa shape index (κ1) is 15.8. The van der Waals surface area contributed by atoms with Crippen LogP contribution in [-0.2, 0) is 9.59 Å². The number of halogens is 3. The SMILES string of the molecule is O=C1CC(Nc2ccc(Cl)cc2Cl)C(=O)N1c1cccc(F)c1. The van der Waals surface area contributed by atoms with Gasteiger partial charge in [0.05, 0.1) is 22.8 Å². The van der Waals surface area contributed by atoms with Crippen molar-refractivity contribution in [2.24, 2.45) is 0 Å². The molecule has 1 heterocycles. The number of amides is 2. The highest BCUT2D eigenvalue weighted by Crippen LogP contribution is 2.29. The molecule has 2 aromatic carbocycles. The zero-order valence-corrected chi connectivity index (χ0v) is 13.2. The average Bonchev–Trinajstić information content (AvgIpc) is 2.76. The molecule has 0 aromatic heterocycles. The molecule has 0 spiro atoms. The first-order valence-electron chi connectivity index (χ1n) is 6.79. The summed E-state index contributed by atoms with van der Waals surface area (Å²) in [5, 5.41) is 3.75. The Morgan fingerprint density at radius 3 is 2.61 bits per heavy atom. The van der Waals surface area contributed by atoms with E-state index in [0.29, 0.717) is 15.7 Å². The Morgan fingerprint density at radius 2 is 1.91 bits per heavy atom. The Kier molecular flexibility index (Phi) is 4.24. The van der Waals surface area contributed by atoms with Crippen LogP contribution in [0.5, 0.6) is 0 Å². The normalized spacial score (nSPS) is 17.7. The fourth-order valence-electron chi connectivity index (χ4n) is 2.43. The van der Waals surface area contributed by atoms with Gasteiger partial charge >= 0.3 is 0 Å². The highest BCUT2D eigenvalue weighted by molar-refractivity contribution is 6.36. The Hall–Kier alpha value is -2.11. The van der Waals surface area contributed by atoms with Gasteiger partial charge < -0.3 is 5.32 Å². The standard InChI is InChI=1S/C16H11Cl2FN2O2/c17-9-4-5-13(12(18)6-9)20-14-8-15(22)21(16(14)23)11-3-1-2-10(19)7-11/h1-7,14,20H,8H2. The van der Waals surface area contributed by atoms with E-state index in [1.807, 2.05) is 0 Å². The van der Waals surface area contributed by atoms with E-state index >= 15 is 0 Å². The van der Waals surface area contributed by atoms with Crippen LogP contribution in [0, 0.1) is 5.82 Å². The van der Waals surface area contributed by atoms with Crippen LogP contribution in [0.4, 0.5) is 15.8 Å². The number of hydrogen-bond donors (Lipinski definition) is 1. The Bertz CT molecular complexity index is 797. The van der Waals surface area contributed by atoms with Crippen molar-refractivity contribution in [3.63, 3.8) is 0 Å². The van der Waals surface area contributed by atoms with Gasteiger partial charge in [-0.25, -0.2) is 9.29 Å². The fraction of sp³-hybridized carbons (Fsp3) is 0.125. The lowest BCUT2D eigenvalue weighted by Gasteiger charge is -2.16. The second-order valence-corrected chi connectivity index (χ2v) is 5.92. The first-order chi connectivity index (χ1) is 11.0. The second-order valence-electron chi connectivity index (χ2n) is 5.07. The highest BCUT2D eigenvalue weighted by atomic mass is 35.5. The average molecular weight is 353 g/mol. The molecule has 3 rings (SSSR count). The largest absolute Gasteiger partial charge is 0.372 e. The number of carbonyl (C=O) groups excluding carboxylic acids is 2. The summed E-state index contributed by atoms with van der Waals surface area (Å²) in [7, 11) is 0. The first-order valence-corrected chi connectivity index (χ1v) is 7.55. The summed E-state index contributed by atoms with van der Waals surface area (Å²) in [6, 6.07) is 9.39. The predicted molar refractivity (Wildman–Crippen MR) is 87.4 cm³/mol. The molecular formula is C16H11Cl2FN2O2. The van der Waals surface area contributed by atoms with Gasteiger partial charge in [0.2, 0.25) is 5.91 Å². The molecule has 0 radical (unpaired) electrons. The lowest BCUT2D eigenvalue weighted by atomic mass is 10.2. The minimum atomic E-state index is -0.760. The zero-order valence-electron chi connectivity index (χ0n) is 11.7. The maximum Gasteiger partial charge on any atom is 0.256 e. The molecule has 1 atom stereocenters. The summed E-state index contributed by atoms with van der Waals surface area (Å²) in [5.41, 5.74) is 0.717. The van der Waals surface area contributed by atoms with Gasteiger partial charge in [0.15, 0.2) is 0 Å². The van der Waals surface area contributed by atoms with Gasteiger partial charge in [0, 0.05) is 5.02 Å². The van der Waals surface area contributed by atoms with Crippen molar-refractivity contribution in [1.29, 1.82) is 0 Å². The van der Waals surface area contributed by atoms with E-state index in [9.17, 15) is 14.0 Å². The predicted octanol–water partition coefficient (Wildman–Crippen LogP) is 3.88. The van der Waals surface area contributed by atoms with Crippen molar-refractivity contribution in [1.82, 2.24) is 0 Å². The van der Waals surface area contributed by atoms with Crippen LogP contribution in [0.2, 0.25) is 10.0 Å². The molecule has 2 aromatic rings. The highest BCUT2D eigenvalue weighted by Gasteiger charge is 2.39.